The third-order valence-corrected chi connectivity index (χ3v) is 6.11. The van der Waals surface area contributed by atoms with E-state index in [1.54, 1.807) is 39.0 Å². The molecule has 0 saturated carbocycles. The van der Waals surface area contributed by atoms with Gasteiger partial charge in [0.2, 0.25) is 5.91 Å². The van der Waals surface area contributed by atoms with Crippen molar-refractivity contribution in [2.24, 2.45) is 5.92 Å². The lowest BCUT2D eigenvalue weighted by Crippen LogP contribution is -2.47. The van der Waals surface area contributed by atoms with Gasteiger partial charge in [-0.15, -0.1) is 0 Å². The van der Waals surface area contributed by atoms with Crippen molar-refractivity contribution in [1.29, 1.82) is 0 Å². The van der Waals surface area contributed by atoms with Crippen LogP contribution in [0.1, 0.15) is 20.8 Å². The van der Waals surface area contributed by atoms with Crippen molar-refractivity contribution in [3.63, 3.8) is 0 Å². The van der Waals surface area contributed by atoms with Crippen LogP contribution in [0, 0.1) is 5.92 Å². The second-order valence-corrected chi connectivity index (χ2v) is 9.25. The number of benzene rings is 2. The molecular formula is C22H27N3O7S. The maximum atomic E-state index is 12.7. The van der Waals surface area contributed by atoms with Gasteiger partial charge in [0.25, 0.3) is 10.0 Å². The Bertz CT molecular complexity index is 1100. The van der Waals surface area contributed by atoms with Crippen LogP contribution in [-0.2, 0) is 19.6 Å². The molecular weight excluding hydrogens is 450 g/mol. The van der Waals surface area contributed by atoms with Crippen LogP contribution in [0.15, 0.2) is 47.4 Å². The van der Waals surface area contributed by atoms with Crippen molar-refractivity contribution in [2.75, 3.05) is 29.9 Å². The second-order valence-electron chi connectivity index (χ2n) is 7.56. The molecule has 0 bridgehead atoms. The minimum atomic E-state index is -3.86. The summed E-state index contributed by atoms with van der Waals surface area (Å²) < 4.78 is 43.7. The first-order valence-corrected chi connectivity index (χ1v) is 11.9. The number of anilines is 2. The summed E-state index contributed by atoms with van der Waals surface area (Å²) in [7, 11) is -3.86. The standard InChI is InChI=1S/C22H27N3O7S/c1-4-30-22(27)24-20(14(2)3)21(26)23-15-5-7-16(8-6-15)25-33(28,29)17-9-10-18-19(13-17)32-12-11-31-18/h5-10,13-14,20,25H,4,11-12H2,1-3H3,(H,23,26)(H,24,27). The predicted octanol–water partition coefficient (Wildman–Crippen LogP) is 2.97. The summed E-state index contributed by atoms with van der Waals surface area (Å²) >= 11 is 0. The molecule has 2 amide bonds. The normalized spacial score (nSPS) is 13.7. The van der Waals surface area contributed by atoms with Crippen molar-refractivity contribution in [2.45, 2.75) is 31.7 Å². The number of hydrogen-bond donors (Lipinski definition) is 3. The third kappa shape index (κ3) is 6.28. The Morgan fingerprint density at radius 1 is 1.00 bits per heavy atom. The highest BCUT2D eigenvalue weighted by atomic mass is 32.2. The second kappa shape index (κ2) is 10.4. The number of carbonyl (C=O) groups is 2. The molecule has 0 fully saturated rings. The summed E-state index contributed by atoms with van der Waals surface area (Å²) in [5.74, 6) is 0.282. The largest absolute Gasteiger partial charge is 0.486 e. The topological polar surface area (TPSA) is 132 Å². The monoisotopic (exact) mass is 477 g/mol. The van der Waals surface area contributed by atoms with Crippen LogP contribution in [0.25, 0.3) is 0 Å². The van der Waals surface area contributed by atoms with Crippen LogP contribution < -0.4 is 24.8 Å². The Morgan fingerprint density at radius 3 is 2.27 bits per heavy atom. The average Bonchev–Trinajstić information content (AvgIpc) is 2.78. The van der Waals surface area contributed by atoms with Crippen LogP contribution in [0.3, 0.4) is 0 Å². The van der Waals surface area contributed by atoms with Crippen molar-refractivity contribution in [3.05, 3.63) is 42.5 Å². The van der Waals surface area contributed by atoms with Gasteiger partial charge in [-0.05, 0) is 49.2 Å². The summed E-state index contributed by atoms with van der Waals surface area (Å²) in [5.41, 5.74) is 0.756. The zero-order valence-corrected chi connectivity index (χ0v) is 19.4. The summed E-state index contributed by atoms with van der Waals surface area (Å²) in [6, 6.07) is 9.77. The molecule has 33 heavy (non-hydrogen) atoms. The minimum absolute atomic E-state index is 0.0361. The first-order valence-electron chi connectivity index (χ1n) is 10.5. The molecule has 0 aliphatic carbocycles. The fourth-order valence-corrected chi connectivity index (χ4v) is 4.15. The zero-order valence-electron chi connectivity index (χ0n) is 18.6. The number of nitrogens with one attached hydrogen (secondary N) is 3. The van der Waals surface area contributed by atoms with Gasteiger partial charge in [-0.1, -0.05) is 13.8 Å². The fraction of sp³-hybridized carbons (Fsp3) is 0.364. The molecule has 3 N–H and O–H groups in total. The summed E-state index contributed by atoms with van der Waals surface area (Å²) in [6.45, 7) is 6.23. The molecule has 0 saturated heterocycles. The molecule has 10 nitrogen and oxygen atoms in total. The summed E-state index contributed by atoms with van der Waals surface area (Å²) in [4.78, 5) is 24.3. The molecule has 178 valence electrons. The highest BCUT2D eigenvalue weighted by molar-refractivity contribution is 7.92. The first-order chi connectivity index (χ1) is 15.7. The van der Waals surface area contributed by atoms with E-state index in [1.165, 1.54) is 24.3 Å². The lowest BCUT2D eigenvalue weighted by atomic mass is 10.0. The van der Waals surface area contributed by atoms with Gasteiger partial charge >= 0.3 is 6.09 Å². The van der Waals surface area contributed by atoms with Crippen LogP contribution >= 0.6 is 0 Å². The Hall–Kier alpha value is -3.47. The highest BCUT2D eigenvalue weighted by Gasteiger charge is 2.25. The van der Waals surface area contributed by atoms with Gasteiger partial charge in [-0.25, -0.2) is 13.2 Å². The van der Waals surface area contributed by atoms with E-state index in [-0.39, 0.29) is 17.4 Å². The number of amides is 2. The van der Waals surface area contributed by atoms with E-state index in [1.807, 2.05) is 0 Å². The lowest BCUT2D eigenvalue weighted by Gasteiger charge is -2.21. The number of carbonyl (C=O) groups excluding carboxylic acids is 2. The smallest absolute Gasteiger partial charge is 0.407 e. The van der Waals surface area contributed by atoms with Crippen LogP contribution in [0.4, 0.5) is 16.2 Å². The van der Waals surface area contributed by atoms with E-state index in [4.69, 9.17) is 14.2 Å². The molecule has 11 heteroatoms. The summed E-state index contributed by atoms with van der Waals surface area (Å²) in [6.07, 6.45) is -0.671. The first kappa shape index (κ1) is 24.2. The Kier molecular flexibility index (Phi) is 7.64. The molecule has 1 aliphatic rings. The number of sulfonamides is 1. The van der Waals surface area contributed by atoms with Gasteiger partial charge in [0.1, 0.15) is 19.3 Å². The van der Waals surface area contributed by atoms with Gasteiger partial charge in [0, 0.05) is 17.4 Å². The molecule has 0 radical (unpaired) electrons. The van der Waals surface area contributed by atoms with E-state index in [2.05, 4.69) is 15.4 Å². The van der Waals surface area contributed by atoms with Crippen molar-refractivity contribution in [1.82, 2.24) is 5.32 Å². The Morgan fingerprint density at radius 2 is 1.64 bits per heavy atom. The molecule has 3 rings (SSSR count). The maximum Gasteiger partial charge on any atom is 0.407 e. The highest BCUT2D eigenvalue weighted by Crippen LogP contribution is 2.32. The molecule has 0 aromatic heterocycles. The molecule has 2 aromatic rings. The van der Waals surface area contributed by atoms with E-state index in [0.29, 0.717) is 36.1 Å². The van der Waals surface area contributed by atoms with Gasteiger partial charge in [0.15, 0.2) is 11.5 Å². The molecule has 1 aliphatic heterocycles. The number of rotatable bonds is 8. The summed E-state index contributed by atoms with van der Waals surface area (Å²) in [5, 5.41) is 5.25. The van der Waals surface area contributed by atoms with Crippen LogP contribution in [-0.4, -0.2) is 46.3 Å². The lowest BCUT2D eigenvalue weighted by molar-refractivity contribution is -0.119. The number of alkyl carbamates (subject to hydrolysis) is 1. The minimum Gasteiger partial charge on any atom is -0.486 e. The van der Waals surface area contributed by atoms with Crippen LogP contribution in [0.2, 0.25) is 0 Å². The van der Waals surface area contributed by atoms with E-state index in [0.717, 1.165) is 0 Å². The third-order valence-electron chi connectivity index (χ3n) is 4.73. The van der Waals surface area contributed by atoms with Gasteiger partial charge < -0.3 is 24.8 Å². The van der Waals surface area contributed by atoms with Gasteiger partial charge in [0.05, 0.1) is 11.5 Å². The molecule has 2 aromatic carbocycles. The average molecular weight is 478 g/mol. The molecule has 0 spiro atoms. The number of hydrogen-bond acceptors (Lipinski definition) is 7. The van der Waals surface area contributed by atoms with Gasteiger partial charge in [-0.3, -0.25) is 9.52 Å². The van der Waals surface area contributed by atoms with Crippen molar-refractivity contribution < 1.29 is 32.2 Å². The zero-order chi connectivity index (χ0) is 24.0. The van der Waals surface area contributed by atoms with E-state index in [9.17, 15) is 18.0 Å². The Balaban J connectivity index is 1.66. The van der Waals surface area contributed by atoms with Gasteiger partial charge in [-0.2, -0.15) is 0 Å². The van der Waals surface area contributed by atoms with Crippen molar-refractivity contribution in [3.8, 4) is 11.5 Å². The van der Waals surface area contributed by atoms with E-state index >= 15 is 0 Å². The molecule has 1 atom stereocenters. The SMILES string of the molecule is CCOC(=O)NC(C(=O)Nc1ccc(NS(=O)(=O)c2ccc3c(c2)OCCO3)cc1)C(C)C. The maximum absolute atomic E-state index is 12.7. The number of fused-ring (bicyclic) bond motifs is 1. The van der Waals surface area contributed by atoms with E-state index < -0.39 is 28.1 Å². The number of ether oxygens (including phenoxy) is 3. The molecule has 1 heterocycles. The van der Waals surface area contributed by atoms with Crippen LogP contribution in [0.5, 0.6) is 11.5 Å². The predicted molar refractivity (Wildman–Crippen MR) is 122 cm³/mol. The Labute approximate surface area is 192 Å². The quantitative estimate of drug-likeness (QED) is 0.532. The molecule has 1 unspecified atom stereocenters. The van der Waals surface area contributed by atoms with Crippen molar-refractivity contribution >= 4 is 33.4 Å². The fourth-order valence-electron chi connectivity index (χ4n) is 3.08.